The summed E-state index contributed by atoms with van der Waals surface area (Å²) < 4.78 is 0. The smallest absolute Gasteiger partial charge is 0.0937 e. The molecule has 0 aromatic heterocycles. The van der Waals surface area contributed by atoms with Crippen molar-refractivity contribution in [1.82, 2.24) is 0 Å². The van der Waals surface area contributed by atoms with E-state index in [4.69, 9.17) is 9.78 Å². The summed E-state index contributed by atoms with van der Waals surface area (Å²) in [5.41, 5.74) is 0.416. The molecule has 1 aliphatic carbocycles. The van der Waals surface area contributed by atoms with E-state index >= 15 is 0 Å². The van der Waals surface area contributed by atoms with Gasteiger partial charge >= 0.3 is 0 Å². The fourth-order valence-electron chi connectivity index (χ4n) is 2.50. The number of hydrogen-bond acceptors (Lipinski definition) is 2. The van der Waals surface area contributed by atoms with Crippen LogP contribution in [0.15, 0.2) is 0 Å². The second-order valence-corrected chi connectivity index (χ2v) is 5.04. The lowest BCUT2D eigenvalue weighted by molar-refractivity contribution is -0.332. The lowest BCUT2D eigenvalue weighted by atomic mass is 9.71. The van der Waals surface area contributed by atoms with E-state index in [-0.39, 0.29) is 0 Å². The zero-order chi connectivity index (χ0) is 9.90. The maximum absolute atomic E-state index is 5.34. The molecule has 1 aliphatic rings. The van der Waals surface area contributed by atoms with Gasteiger partial charge < -0.3 is 0 Å². The summed E-state index contributed by atoms with van der Waals surface area (Å²) in [6.45, 7) is 9.52. The summed E-state index contributed by atoms with van der Waals surface area (Å²) in [4.78, 5) is 10.4. The van der Waals surface area contributed by atoms with Crippen molar-refractivity contribution in [2.45, 2.75) is 53.1 Å². The molecule has 0 N–H and O–H groups in total. The number of rotatable bonds is 3. The molecule has 0 amide bonds. The molecular weight excluding hydrogens is 164 g/mol. The first-order valence-electron chi connectivity index (χ1n) is 5.32. The standard InChI is InChI=1S/C11H22O2/c1-5-12-13-10-6-9(2)7-11(3,4)8-10/h9-10H,5-8H2,1-4H3. The van der Waals surface area contributed by atoms with E-state index in [0.717, 1.165) is 18.8 Å². The van der Waals surface area contributed by atoms with Gasteiger partial charge in [0.2, 0.25) is 0 Å². The van der Waals surface area contributed by atoms with E-state index in [2.05, 4.69) is 20.8 Å². The van der Waals surface area contributed by atoms with Crippen LogP contribution in [0.3, 0.4) is 0 Å². The molecule has 78 valence electrons. The summed E-state index contributed by atoms with van der Waals surface area (Å²) in [5.74, 6) is 0.759. The van der Waals surface area contributed by atoms with E-state index < -0.39 is 0 Å². The molecule has 0 heterocycles. The van der Waals surface area contributed by atoms with E-state index in [9.17, 15) is 0 Å². The van der Waals surface area contributed by atoms with Gasteiger partial charge in [-0.3, -0.25) is 0 Å². The van der Waals surface area contributed by atoms with Gasteiger partial charge in [-0.15, -0.1) is 0 Å². The van der Waals surface area contributed by atoms with Crippen LogP contribution in [0.1, 0.15) is 47.0 Å². The van der Waals surface area contributed by atoms with Crippen molar-refractivity contribution in [3.8, 4) is 0 Å². The Morgan fingerprint density at radius 3 is 2.54 bits per heavy atom. The maximum atomic E-state index is 5.34. The summed E-state index contributed by atoms with van der Waals surface area (Å²) in [5, 5.41) is 0. The van der Waals surface area contributed by atoms with E-state index in [0.29, 0.717) is 18.1 Å². The van der Waals surface area contributed by atoms with Crippen LogP contribution in [-0.4, -0.2) is 12.7 Å². The third-order valence-corrected chi connectivity index (χ3v) is 2.67. The normalized spacial score (nSPS) is 33.2. The van der Waals surface area contributed by atoms with Gasteiger partial charge in [-0.1, -0.05) is 20.8 Å². The van der Waals surface area contributed by atoms with Crippen molar-refractivity contribution in [2.24, 2.45) is 11.3 Å². The molecule has 1 saturated carbocycles. The van der Waals surface area contributed by atoms with Gasteiger partial charge in [0.1, 0.15) is 0 Å². The zero-order valence-corrected chi connectivity index (χ0v) is 9.30. The van der Waals surface area contributed by atoms with Crippen LogP contribution in [0.2, 0.25) is 0 Å². The summed E-state index contributed by atoms with van der Waals surface area (Å²) in [7, 11) is 0. The molecular formula is C11H22O2. The molecule has 1 fully saturated rings. The fourth-order valence-corrected chi connectivity index (χ4v) is 2.50. The molecule has 0 bridgehead atoms. The van der Waals surface area contributed by atoms with Crippen LogP contribution in [0.5, 0.6) is 0 Å². The molecule has 2 unspecified atom stereocenters. The first kappa shape index (κ1) is 11.0. The SMILES string of the molecule is CCOOC1CC(C)CC(C)(C)C1. The second-order valence-electron chi connectivity index (χ2n) is 5.04. The second kappa shape index (κ2) is 4.43. The highest BCUT2D eigenvalue weighted by molar-refractivity contribution is 4.82. The average molecular weight is 186 g/mol. The summed E-state index contributed by atoms with van der Waals surface area (Å²) in [6, 6.07) is 0. The molecule has 13 heavy (non-hydrogen) atoms. The minimum Gasteiger partial charge on any atom is -0.237 e. The van der Waals surface area contributed by atoms with Crippen molar-refractivity contribution < 1.29 is 9.78 Å². The first-order chi connectivity index (χ1) is 6.03. The van der Waals surface area contributed by atoms with E-state index in [1.54, 1.807) is 0 Å². The van der Waals surface area contributed by atoms with Gasteiger partial charge in [-0.25, -0.2) is 9.78 Å². The maximum Gasteiger partial charge on any atom is 0.0937 e. The molecule has 0 radical (unpaired) electrons. The van der Waals surface area contributed by atoms with Crippen LogP contribution < -0.4 is 0 Å². The minimum absolute atomic E-state index is 0.304. The summed E-state index contributed by atoms with van der Waals surface area (Å²) in [6.07, 6.45) is 3.87. The third-order valence-electron chi connectivity index (χ3n) is 2.67. The van der Waals surface area contributed by atoms with Gasteiger partial charge in [0, 0.05) is 0 Å². The molecule has 2 atom stereocenters. The Hall–Kier alpha value is -0.0800. The highest BCUT2D eigenvalue weighted by atomic mass is 17.2. The highest BCUT2D eigenvalue weighted by Crippen LogP contribution is 2.39. The molecule has 0 aromatic rings. The Kier molecular flexibility index (Phi) is 3.74. The lowest BCUT2D eigenvalue weighted by Gasteiger charge is -2.37. The van der Waals surface area contributed by atoms with Crippen molar-refractivity contribution in [2.75, 3.05) is 6.61 Å². The number of hydrogen-bond donors (Lipinski definition) is 0. The molecule has 2 heteroatoms. The Balaban J connectivity index is 2.38. The topological polar surface area (TPSA) is 18.5 Å². The third kappa shape index (κ3) is 3.65. The van der Waals surface area contributed by atoms with Gasteiger partial charge in [-0.05, 0) is 37.5 Å². The molecule has 0 aromatic carbocycles. The Labute approximate surface area is 81.5 Å². The van der Waals surface area contributed by atoms with Crippen molar-refractivity contribution in [3.05, 3.63) is 0 Å². The van der Waals surface area contributed by atoms with E-state index in [1.165, 1.54) is 6.42 Å². The predicted octanol–water partition coefficient (Wildman–Crippen LogP) is 3.17. The first-order valence-corrected chi connectivity index (χ1v) is 5.32. The van der Waals surface area contributed by atoms with Crippen LogP contribution in [0.4, 0.5) is 0 Å². The minimum atomic E-state index is 0.304. The van der Waals surface area contributed by atoms with Crippen molar-refractivity contribution in [3.63, 3.8) is 0 Å². The van der Waals surface area contributed by atoms with Crippen molar-refractivity contribution >= 4 is 0 Å². The van der Waals surface area contributed by atoms with Crippen LogP contribution in [0.25, 0.3) is 0 Å². The van der Waals surface area contributed by atoms with Crippen molar-refractivity contribution in [1.29, 1.82) is 0 Å². The largest absolute Gasteiger partial charge is 0.237 e. The predicted molar refractivity (Wildman–Crippen MR) is 53.3 cm³/mol. The monoisotopic (exact) mass is 186 g/mol. The lowest BCUT2D eigenvalue weighted by Crippen LogP contribution is -2.32. The Morgan fingerprint density at radius 2 is 2.00 bits per heavy atom. The van der Waals surface area contributed by atoms with Crippen LogP contribution >= 0.6 is 0 Å². The fraction of sp³-hybridized carbons (Fsp3) is 1.00. The Morgan fingerprint density at radius 1 is 1.31 bits per heavy atom. The van der Waals surface area contributed by atoms with Gasteiger partial charge in [0.25, 0.3) is 0 Å². The zero-order valence-electron chi connectivity index (χ0n) is 9.30. The molecule has 0 saturated heterocycles. The quantitative estimate of drug-likeness (QED) is 0.498. The molecule has 0 aliphatic heterocycles. The average Bonchev–Trinajstić information content (AvgIpc) is 1.97. The molecule has 1 rings (SSSR count). The summed E-state index contributed by atoms with van der Waals surface area (Å²) >= 11 is 0. The van der Waals surface area contributed by atoms with Crippen LogP contribution in [0, 0.1) is 11.3 Å². The highest BCUT2D eigenvalue weighted by Gasteiger charge is 2.32. The molecule has 0 spiro atoms. The molecule has 2 nitrogen and oxygen atoms in total. The van der Waals surface area contributed by atoms with Crippen LogP contribution in [-0.2, 0) is 9.78 Å². The van der Waals surface area contributed by atoms with Gasteiger partial charge in [0.05, 0.1) is 12.7 Å². The van der Waals surface area contributed by atoms with E-state index in [1.807, 2.05) is 6.92 Å². The van der Waals surface area contributed by atoms with Gasteiger partial charge in [-0.2, -0.15) is 0 Å². The van der Waals surface area contributed by atoms with Gasteiger partial charge in [0.15, 0.2) is 0 Å². The Bertz CT molecular complexity index is 154.